The molecule has 1 atom stereocenters. The number of hydrogen-bond acceptors (Lipinski definition) is 4. The Kier molecular flexibility index (Phi) is 4.64. The van der Waals surface area contributed by atoms with Gasteiger partial charge in [0.2, 0.25) is 9.84 Å². The fourth-order valence-corrected chi connectivity index (χ4v) is 4.20. The smallest absolute Gasteiger partial charge is 0.206 e. The molecule has 25 heavy (non-hydrogen) atoms. The fourth-order valence-electron chi connectivity index (χ4n) is 2.65. The Hall–Kier alpha value is -1.85. The van der Waals surface area contributed by atoms with Crippen LogP contribution < -0.4 is 4.74 Å². The summed E-state index contributed by atoms with van der Waals surface area (Å²) in [5, 5.41) is 0. The molecule has 4 nitrogen and oxygen atoms in total. The Morgan fingerprint density at radius 1 is 1.16 bits per heavy atom. The van der Waals surface area contributed by atoms with Crippen molar-refractivity contribution in [2.45, 2.75) is 49.0 Å². The molecule has 1 heterocycles. The summed E-state index contributed by atoms with van der Waals surface area (Å²) in [7, 11) is -3.61. The number of epoxide rings is 1. The number of rotatable bonds is 5. The van der Waals surface area contributed by atoms with E-state index in [-0.39, 0.29) is 16.4 Å². The molecule has 1 saturated heterocycles. The lowest BCUT2D eigenvalue weighted by Crippen LogP contribution is -2.13. The first-order valence-electron chi connectivity index (χ1n) is 8.39. The Bertz CT molecular complexity index is 875. The largest absolute Gasteiger partial charge is 0.490 e. The van der Waals surface area contributed by atoms with Gasteiger partial charge in [0.1, 0.15) is 18.5 Å². The van der Waals surface area contributed by atoms with E-state index in [0.29, 0.717) is 29.4 Å². The van der Waals surface area contributed by atoms with Gasteiger partial charge in [0, 0.05) is 5.56 Å². The minimum Gasteiger partial charge on any atom is -0.490 e. The summed E-state index contributed by atoms with van der Waals surface area (Å²) in [6.07, 6.45) is 0.128. The normalized spacial score (nSPS) is 17.4. The van der Waals surface area contributed by atoms with Crippen LogP contribution >= 0.6 is 0 Å². The van der Waals surface area contributed by atoms with Crippen LogP contribution in [0.2, 0.25) is 0 Å². The molecule has 0 spiro atoms. The summed E-state index contributed by atoms with van der Waals surface area (Å²) >= 11 is 0. The van der Waals surface area contributed by atoms with Gasteiger partial charge in [0.25, 0.3) is 0 Å². The van der Waals surface area contributed by atoms with Crippen LogP contribution in [0.25, 0.3) is 0 Å². The molecule has 2 aromatic carbocycles. The molecule has 3 rings (SSSR count). The maximum Gasteiger partial charge on any atom is 0.206 e. The summed E-state index contributed by atoms with van der Waals surface area (Å²) in [5.41, 5.74) is 1.50. The van der Waals surface area contributed by atoms with E-state index in [1.54, 1.807) is 43.3 Å². The van der Waals surface area contributed by atoms with Gasteiger partial charge >= 0.3 is 0 Å². The molecule has 1 aliphatic heterocycles. The van der Waals surface area contributed by atoms with E-state index >= 15 is 0 Å². The molecule has 0 amide bonds. The highest BCUT2D eigenvalue weighted by atomic mass is 32.2. The first-order chi connectivity index (χ1) is 11.7. The van der Waals surface area contributed by atoms with Gasteiger partial charge in [-0.2, -0.15) is 0 Å². The zero-order valence-corrected chi connectivity index (χ0v) is 15.9. The Morgan fingerprint density at radius 2 is 1.84 bits per heavy atom. The molecule has 0 saturated carbocycles. The molecule has 1 aliphatic rings. The van der Waals surface area contributed by atoms with Gasteiger partial charge in [-0.3, -0.25) is 0 Å². The highest BCUT2D eigenvalue weighted by molar-refractivity contribution is 7.91. The van der Waals surface area contributed by atoms with Crippen molar-refractivity contribution < 1.29 is 17.9 Å². The van der Waals surface area contributed by atoms with Crippen molar-refractivity contribution in [2.75, 3.05) is 13.2 Å². The molecule has 0 bridgehead atoms. The van der Waals surface area contributed by atoms with Gasteiger partial charge in [-0.25, -0.2) is 8.42 Å². The Morgan fingerprint density at radius 3 is 2.48 bits per heavy atom. The molecule has 0 N–H and O–H groups in total. The van der Waals surface area contributed by atoms with Crippen molar-refractivity contribution in [3.05, 3.63) is 53.6 Å². The quantitative estimate of drug-likeness (QED) is 0.759. The van der Waals surface area contributed by atoms with Gasteiger partial charge in [-0.05, 0) is 42.2 Å². The van der Waals surface area contributed by atoms with E-state index in [1.807, 2.05) is 6.07 Å². The lowest BCUT2D eigenvalue weighted by Gasteiger charge is -2.20. The second-order valence-electron chi connectivity index (χ2n) is 7.43. The van der Waals surface area contributed by atoms with E-state index < -0.39 is 9.84 Å². The van der Waals surface area contributed by atoms with Gasteiger partial charge in [-0.1, -0.05) is 39.0 Å². The molecule has 0 aromatic heterocycles. The van der Waals surface area contributed by atoms with Crippen molar-refractivity contribution in [3.8, 4) is 5.75 Å². The second kappa shape index (κ2) is 6.46. The third-order valence-electron chi connectivity index (χ3n) is 4.36. The SMILES string of the molecule is Cc1c(OCC2CO2)cccc1S(=O)(=O)c1cccc(C(C)(C)C)c1. The standard InChI is InChI=1S/C20H24O4S/c1-14-18(24-13-16-12-23-16)9-6-10-19(14)25(21,22)17-8-5-7-15(11-17)20(2,3)4/h5-11,16H,12-13H2,1-4H3. The topological polar surface area (TPSA) is 55.9 Å². The van der Waals surface area contributed by atoms with Crippen LogP contribution in [0.5, 0.6) is 5.75 Å². The maximum atomic E-state index is 13.2. The van der Waals surface area contributed by atoms with Crippen LogP contribution in [0.15, 0.2) is 52.3 Å². The van der Waals surface area contributed by atoms with Crippen LogP contribution in [0.3, 0.4) is 0 Å². The molecule has 1 unspecified atom stereocenters. The van der Waals surface area contributed by atoms with Gasteiger partial charge < -0.3 is 9.47 Å². The highest BCUT2D eigenvalue weighted by Gasteiger charge is 2.26. The molecule has 0 aliphatic carbocycles. The molecule has 0 radical (unpaired) electrons. The minimum absolute atomic E-state index is 0.115. The summed E-state index contributed by atoms with van der Waals surface area (Å²) < 4.78 is 37.2. The van der Waals surface area contributed by atoms with E-state index in [1.165, 1.54) is 0 Å². The van der Waals surface area contributed by atoms with Gasteiger partial charge in [0.15, 0.2) is 0 Å². The minimum atomic E-state index is -3.61. The molecule has 1 fully saturated rings. The van der Waals surface area contributed by atoms with Crippen LogP contribution in [0.4, 0.5) is 0 Å². The lowest BCUT2D eigenvalue weighted by atomic mass is 9.87. The average Bonchev–Trinajstić information content (AvgIpc) is 3.37. The van der Waals surface area contributed by atoms with Crippen LogP contribution in [-0.2, 0) is 20.0 Å². The summed E-state index contributed by atoms with van der Waals surface area (Å²) in [5.74, 6) is 0.587. The Balaban J connectivity index is 1.98. The van der Waals surface area contributed by atoms with Gasteiger partial charge in [-0.15, -0.1) is 0 Å². The van der Waals surface area contributed by atoms with E-state index in [0.717, 1.165) is 5.56 Å². The average molecular weight is 360 g/mol. The predicted molar refractivity (Wildman–Crippen MR) is 97.0 cm³/mol. The number of sulfone groups is 1. The molecule has 5 heteroatoms. The van der Waals surface area contributed by atoms with Crippen molar-refractivity contribution >= 4 is 9.84 Å². The monoisotopic (exact) mass is 360 g/mol. The summed E-state index contributed by atoms with van der Waals surface area (Å²) in [4.78, 5) is 0.596. The van der Waals surface area contributed by atoms with Crippen molar-refractivity contribution in [3.63, 3.8) is 0 Å². The van der Waals surface area contributed by atoms with Crippen LogP contribution in [0, 0.1) is 6.92 Å². The summed E-state index contributed by atoms with van der Waals surface area (Å²) in [6.45, 7) is 9.14. The fraction of sp³-hybridized carbons (Fsp3) is 0.400. The zero-order valence-electron chi connectivity index (χ0n) is 15.1. The number of benzene rings is 2. The van der Waals surface area contributed by atoms with Crippen molar-refractivity contribution in [1.29, 1.82) is 0 Å². The molecular weight excluding hydrogens is 336 g/mol. The van der Waals surface area contributed by atoms with Gasteiger partial charge in [0.05, 0.1) is 16.4 Å². The van der Waals surface area contributed by atoms with Crippen molar-refractivity contribution in [2.24, 2.45) is 0 Å². The first kappa shape index (κ1) is 18.0. The summed E-state index contributed by atoms with van der Waals surface area (Å²) in [6, 6.07) is 12.3. The maximum absolute atomic E-state index is 13.2. The highest BCUT2D eigenvalue weighted by Crippen LogP contribution is 2.32. The third kappa shape index (κ3) is 3.88. The number of hydrogen-bond donors (Lipinski definition) is 0. The molecule has 2 aromatic rings. The Labute approximate surface area is 149 Å². The van der Waals surface area contributed by atoms with E-state index in [9.17, 15) is 8.42 Å². The van der Waals surface area contributed by atoms with E-state index in [2.05, 4.69) is 20.8 Å². The third-order valence-corrected chi connectivity index (χ3v) is 6.26. The van der Waals surface area contributed by atoms with Crippen LogP contribution in [-0.4, -0.2) is 27.7 Å². The van der Waals surface area contributed by atoms with E-state index in [4.69, 9.17) is 9.47 Å². The molecular formula is C20H24O4S. The zero-order chi connectivity index (χ0) is 18.2. The number of ether oxygens (including phenoxy) is 2. The predicted octanol–water partition coefficient (Wildman–Crippen LogP) is 3.90. The molecule has 134 valence electrons. The first-order valence-corrected chi connectivity index (χ1v) is 9.87. The lowest BCUT2D eigenvalue weighted by molar-refractivity contribution is 0.261. The van der Waals surface area contributed by atoms with Crippen molar-refractivity contribution in [1.82, 2.24) is 0 Å². The second-order valence-corrected chi connectivity index (χ2v) is 9.35. The van der Waals surface area contributed by atoms with Crippen LogP contribution in [0.1, 0.15) is 31.9 Å².